The van der Waals surface area contributed by atoms with Crippen molar-refractivity contribution in [2.24, 2.45) is 0 Å². The molecule has 1 aliphatic rings. The maximum absolute atomic E-state index is 13.7. The summed E-state index contributed by atoms with van der Waals surface area (Å²) in [5.41, 5.74) is 2.73. The Bertz CT molecular complexity index is 1060. The lowest BCUT2D eigenvalue weighted by molar-refractivity contribution is -0.138. The molecular formula is C25H21F3O2. The molecule has 0 saturated heterocycles. The Morgan fingerprint density at radius 3 is 2.30 bits per heavy atom. The van der Waals surface area contributed by atoms with Crippen molar-refractivity contribution in [3.63, 3.8) is 0 Å². The lowest BCUT2D eigenvalue weighted by Gasteiger charge is -2.19. The van der Waals surface area contributed by atoms with Crippen molar-refractivity contribution in [3.8, 4) is 0 Å². The maximum Gasteiger partial charge on any atom is 0.416 e. The van der Waals surface area contributed by atoms with Gasteiger partial charge in [0.1, 0.15) is 0 Å². The highest BCUT2D eigenvalue weighted by Gasteiger charge is 2.40. The first-order chi connectivity index (χ1) is 14.4. The van der Waals surface area contributed by atoms with E-state index < -0.39 is 23.6 Å². The van der Waals surface area contributed by atoms with Gasteiger partial charge in [-0.3, -0.25) is 0 Å². The topological polar surface area (TPSA) is 26.3 Å². The van der Waals surface area contributed by atoms with E-state index in [0.717, 1.165) is 22.8 Å². The minimum absolute atomic E-state index is 0.0382. The van der Waals surface area contributed by atoms with Crippen molar-refractivity contribution in [2.75, 3.05) is 6.61 Å². The molecule has 2 atom stereocenters. The second-order valence-electron chi connectivity index (χ2n) is 7.40. The maximum atomic E-state index is 13.7. The molecule has 5 heteroatoms. The molecule has 3 aromatic rings. The van der Waals surface area contributed by atoms with Crippen LogP contribution in [0.25, 0.3) is 0 Å². The summed E-state index contributed by atoms with van der Waals surface area (Å²) >= 11 is 0. The van der Waals surface area contributed by atoms with E-state index in [1.807, 2.05) is 36.4 Å². The van der Waals surface area contributed by atoms with Gasteiger partial charge in [0.15, 0.2) is 0 Å². The summed E-state index contributed by atoms with van der Waals surface area (Å²) in [7, 11) is 0. The van der Waals surface area contributed by atoms with Gasteiger partial charge in [-0.25, -0.2) is 4.79 Å². The van der Waals surface area contributed by atoms with Crippen LogP contribution in [-0.2, 0) is 10.9 Å². The molecule has 0 bridgehead atoms. The van der Waals surface area contributed by atoms with E-state index in [9.17, 15) is 18.0 Å². The van der Waals surface area contributed by atoms with Crippen LogP contribution in [0.4, 0.5) is 13.2 Å². The second kappa shape index (κ2) is 7.98. The Morgan fingerprint density at radius 2 is 1.60 bits per heavy atom. The third-order valence-electron chi connectivity index (χ3n) is 5.66. The largest absolute Gasteiger partial charge is 0.462 e. The van der Waals surface area contributed by atoms with Crippen molar-refractivity contribution >= 4 is 5.97 Å². The van der Waals surface area contributed by atoms with Crippen LogP contribution in [0, 0.1) is 0 Å². The number of esters is 1. The van der Waals surface area contributed by atoms with Crippen LogP contribution in [0.5, 0.6) is 0 Å². The number of hydrogen-bond donors (Lipinski definition) is 0. The molecule has 0 aromatic heterocycles. The third-order valence-corrected chi connectivity index (χ3v) is 5.66. The number of fused-ring (bicyclic) bond motifs is 1. The molecular weight excluding hydrogens is 389 g/mol. The third kappa shape index (κ3) is 3.72. The van der Waals surface area contributed by atoms with Gasteiger partial charge in [0.25, 0.3) is 0 Å². The van der Waals surface area contributed by atoms with Gasteiger partial charge in [-0.1, -0.05) is 54.6 Å². The Hall–Kier alpha value is -3.08. The van der Waals surface area contributed by atoms with Gasteiger partial charge in [-0.15, -0.1) is 0 Å². The average Bonchev–Trinajstić information content (AvgIpc) is 3.13. The highest BCUT2D eigenvalue weighted by molar-refractivity contribution is 5.90. The van der Waals surface area contributed by atoms with Crippen molar-refractivity contribution in [2.45, 2.75) is 31.4 Å². The van der Waals surface area contributed by atoms with Crippen LogP contribution in [0.2, 0.25) is 0 Å². The van der Waals surface area contributed by atoms with Crippen LogP contribution >= 0.6 is 0 Å². The quantitative estimate of drug-likeness (QED) is 0.456. The van der Waals surface area contributed by atoms with E-state index in [-0.39, 0.29) is 18.1 Å². The van der Waals surface area contributed by atoms with E-state index in [0.29, 0.717) is 12.0 Å². The first-order valence-electron chi connectivity index (χ1n) is 9.92. The Labute approximate surface area is 173 Å². The molecule has 0 fully saturated rings. The van der Waals surface area contributed by atoms with Crippen LogP contribution < -0.4 is 0 Å². The van der Waals surface area contributed by atoms with Gasteiger partial charge in [0.05, 0.1) is 17.7 Å². The van der Waals surface area contributed by atoms with Gasteiger partial charge in [-0.2, -0.15) is 13.2 Å². The molecule has 0 saturated carbocycles. The summed E-state index contributed by atoms with van der Waals surface area (Å²) in [6.07, 6.45) is -3.93. The van der Waals surface area contributed by atoms with E-state index in [1.54, 1.807) is 31.2 Å². The average molecular weight is 410 g/mol. The fraction of sp³-hybridized carbons (Fsp3) is 0.240. The van der Waals surface area contributed by atoms with E-state index >= 15 is 0 Å². The zero-order valence-electron chi connectivity index (χ0n) is 16.4. The Kier molecular flexibility index (Phi) is 5.37. The zero-order chi connectivity index (χ0) is 21.3. The number of alkyl halides is 3. The summed E-state index contributed by atoms with van der Waals surface area (Å²) in [6.45, 7) is 1.96. The van der Waals surface area contributed by atoms with Crippen molar-refractivity contribution in [1.29, 1.82) is 0 Å². The number of hydrogen-bond acceptors (Lipinski definition) is 2. The Morgan fingerprint density at radius 1 is 0.900 bits per heavy atom. The molecule has 4 rings (SSSR count). The lowest BCUT2D eigenvalue weighted by Crippen LogP contribution is -2.12. The van der Waals surface area contributed by atoms with E-state index in [1.165, 1.54) is 6.07 Å². The number of carbonyl (C=O) groups excluding carboxylic acids is 1. The van der Waals surface area contributed by atoms with Crippen LogP contribution in [0.1, 0.15) is 63.4 Å². The predicted molar refractivity (Wildman–Crippen MR) is 109 cm³/mol. The number of rotatable bonds is 4. The molecule has 2 nitrogen and oxygen atoms in total. The van der Waals surface area contributed by atoms with E-state index in [4.69, 9.17) is 4.74 Å². The minimum Gasteiger partial charge on any atom is -0.462 e. The molecule has 154 valence electrons. The zero-order valence-corrected chi connectivity index (χ0v) is 16.4. The molecule has 30 heavy (non-hydrogen) atoms. The monoisotopic (exact) mass is 410 g/mol. The van der Waals surface area contributed by atoms with Crippen LogP contribution in [0.15, 0.2) is 72.8 Å². The predicted octanol–water partition coefficient (Wildman–Crippen LogP) is 6.55. The fourth-order valence-corrected chi connectivity index (χ4v) is 4.38. The molecule has 0 radical (unpaired) electrons. The molecule has 0 heterocycles. The molecule has 0 aliphatic heterocycles. The van der Waals surface area contributed by atoms with Crippen LogP contribution in [-0.4, -0.2) is 12.6 Å². The van der Waals surface area contributed by atoms with Gasteiger partial charge in [0.2, 0.25) is 0 Å². The number of carbonyl (C=O) groups is 1. The first-order valence-corrected chi connectivity index (χ1v) is 9.92. The molecule has 1 aliphatic carbocycles. The summed E-state index contributed by atoms with van der Waals surface area (Å²) < 4.78 is 46.3. The van der Waals surface area contributed by atoms with E-state index in [2.05, 4.69) is 0 Å². The van der Waals surface area contributed by atoms with Gasteiger partial charge in [0, 0.05) is 11.8 Å². The van der Waals surface area contributed by atoms with Crippen molar-refractivity contribution < 1.29 is 22.7 Å². The molecule has 0 spiro atoms. The minimum atomic E-state index is -4.44. The second-order valence-corrected chi connectivity index (χ2v) is 7.40. The number of ether oxygens (including phenoxy) is 1. The number of halogens is 3. The first kappa shape index (κ1) is 20.2. The summed E-state index contributed by atoms with van der Waals surface area (Å²) in [5, 5.41) is 0. The van der Waals surface area contributed by atoms with Crippen molar-refractivity contribution in [3.05, 3.63) is 106 Å². The summed E-state index contributed by atoms with van der Waals surface area (Å²) in [5.74, 6) is -0.965. The van der Waals surface area contributed by atoms with Crippen LogP contribution in [0.3, 0.4) is 0 Å². The summed E-state index contributed by atoms with van der Waals surface area (Å²) in [6, 6.07) is 20.7. The Balaban J connectivity index is 1.86. The van der Waals surface area contributed by atoms with Gasteiger partial charge < -0.3 is 4.74 Å². The molecule has 3 aromatic carbocycles. The highest BCUT2D eigenvalue weighted by atomic mass is 19.4. The molecule has 2 unspecified atom stereocenters. The standard InChI is InChI=1S/C25H21F3O2/c1-2-30-24(29)17-12-13-18-20(16-8-4-3-5-9-16)15-22(21(18)14-17)19-10-6-7-11-23(19)25(26,27)28/h3-14,20,22H,2,15H2,1H3. The molecule has 0 amide bonds. The van der Waals surface area contributed by atoms with Gasteiger partial charge >= 0.3 is 12.1 Å². The molecule has 0 N–H and O–H groups in total. The lowest BCUT2D eigenvalue weighted by atomic mass is 9.87. The number of benzene rings is 3. The highest BCUT2D eigenvalue weighted by Crippen LogP contribution is 2.50. The van der Waals surface area contributed by atoms with Gasteiger partial charge in [-0.05, 0) is 53.8 Å². The fourth-order valence-electron chi connectivity index (χ4n) is 4.38. The smallest absolute Gasteiger partial charge is 0.416 e. The summed E-state index contributed by atoms with van der Waals surface area (Å²) in [4.78, 5) is 12.3. The normalized spacial score (nSPS) is 18.1. The van der Waals surface area contributed by atoms with Crippen molar-refractivity contribution in [1.82, 2.24) is 0 Å². The SMILES string of the molecule is CCOC(=O)c1ccc2c(c1)C(c1ccccc1C(F)(F)F)CC2c1ccccc1.